The van der Waals surface area contributed by atoms with Gasteiger partial charge in [0.05, 0.1) is 16.9 Å². The van der Waals surface area contributed by atoms with Crippen molar-refractivity contribution in [3.05, 3.63) is 22.4 Å². The molecule has 0 saturated carbocycles. The van der Waals surface area contributed by atoms with Gasteiger partial charge in [0.15, 0.2) is 0 Å². The van der Waals surface area contributed by atoms with Crippen molar-refractivity contribution in [2.24, 2.45) is 17.1 Å². The number of thioether (sulfide) groups is 1. The summed E-state index contributed by atoms with van der Waals surface area (Å²) < 4.78 is 41.2. The molecule has 1 amide bonds. The van der Waals surface area contributed by atoms with E-state index < -0.39 is 23.2 Å². The largest absolute Gasteiger partial charge is 0.418 e. The zero-order chi connectivity index (χ0) is 19.0. The Hall–Kier alpha value is -1.75. The van der Waals surface area contributed by atoms with Gasteiger partial charge in [-0.2, -0.15) is 18.4 Å². The minimum Gasteiger partial charge on any atom is -0.369 e. The Morgan fingerprint density at radius 3 is 2.52 bits per heavy atom. The topological polar surface area (TPSA) is 79.8 Å². The number of aromatic nitrogens is 1. The second-order valence-corrected chi connectivity index (χ2v) is 8.23. The van der Waals surface area contributed by atoms with E-state index in [1.54, 1.807) is 6.07 Å². The van der Waals surface area contributed by atoms with Gasteiger partial charge in [0.1, 0.15) is 11.1 Å². The highest BCUT2D eigenvalue weighted by Gasteiger charge is 2.42. The summed E-state index contributed by atoms with van der Waals surface area (Å²) in [5, 5.41) is 9.27. The second-order valence-electron chi connectivity index (χ2n) is 7.26. The van der Waals surface area contributed by atoms with Crippen LogP contribution >= 0.6 is 11.8 Å². The molecule has 1 aromatic heterocycles. The molecule has 2 rings (SSSR count). The minimum absolute atomic E-state index is 0.0680. The molecule has 4 nitrogen and oxygen atoms in total. The van der Waals surface area contributed by atoms with Crippen molar-refractivity contribution in [2.75, 3.05) is 5.75 Å². The maximum Gasteiger partial charge on any atom is 0.418 e. The summed E-state index contributed by atoms with van der Waals surface area (Å²) in [4.78, 5) is 15.2. The Morgan fingerprint density at radius 2 is 2.04 bits per heavy atom. The van der Waals surface area contributed by atoms with Crippen LogP contribution in [0.25, 0.3) is 0 Å². The molecule has 1 aromatic rings. The fourth-order valence-corrected chi connectivity index (χ4v) is 3.88. The van der Waals surface area contributed by atoms with Gasteiger partial charge in [-0.25, -0.2) is 4.98 Å². The van der Waals surface area contributed by atoms with E-state index >= 15 is 0 Å². The number of primary amides is 1. The molecule has 136 valence electrons. The van der Waals surface area contributed by atoms with Gasteiger partial charge in [-0.15, -0.1) is 0 Å². The zero-order valence-electron chi connectivity index (χ0n) is 14.3. The van der Waals surface area contributed by atoms with E-state index in [0.717, 1.165) is 18.2 Å². The summed E-state index contributed by atoms with van der Waals surface area (Å²) in [7, 11) is 0. The van der Waals surface area contributed by atoms with Crippen molar-refractivity contribution >= 4 is 17.7 Å². The Bertz CT molecular complexity index is 733. The third-order valence-corrected chi connectivity index (χ3v) is 5.50. The van der Waals surface area contributed by atoms with Crippen LogP contribution in [0.5, 0.6) is 0 Å². The van der Waals surface area contributed by atoms with Crippen molar-refractivity contribution in [1.29, 1.82) is 5.26 Å². The molecule has 0 bridgehead atoms. The van der Waals surface area contributed by atoms with Crippen LogP contribution < -0.4 is 5.73 Å². The molecule has 0 fully saturated rings. The molecule has 8 heteroatoms. The number of fused-ring (bicyclic) bond motifs is 1. The molecule has 1 aliphatic rings. The lowest BCUT2D eigenvalue weighted by Crippen LogP contribution is -2.30. The Balaban J connectivity index is 2.62. The third-order valence-electron chi connectivity index (χ3n) is 4.50. The molecule has 1 atom stereocenters. The maximum atomic E-state index is 13.7. The summed E-state index contributed by atoms with van der Waals surface area (Å²) >= 11 is 0.781. The van der Waals surface area contributed by atoms with Crippen molar-refractivity contribution in [3.8, 4) is 6.07 Å². The van der Waals surface area contributed by atoms with Crippen LogP contribution in [-0.4, -0.2) is 16.6 Å². The molecule has 0 saturated heterocycles. The van der Waals surface area contributed by atoms with Gasteiger partial charge < -0.3 is 5.73 Å². The van der Waals surface area contributed by atoms with Crippen molar-refractivity contribution in [2.45, 2.75) is 51.2 Å². The summed E-state index contributed by atoms with van der Waals surface area (Å²) in [5.41, 5.74) is 4.02. The first-order chi connectivity index (χ1) is 11.4. The molecule has 0 aliphatic heterocycles. The molecule has 25 heavy (non-hydrogen) atoms. The number of nitriles is 1. The highest BCUT2D eigenvalue weighted by molar-refractivity contribution is 8.00. The molecular formula is C17H20F3N3OS. The number of amides is 1. The fraction of sp³-hybridized carbons (Fsp3) is 0.588. The quantitative estimate of drug-likeness (QED) is 0.822. The number of carbonyl (C=O) groups excluding carboxylic acids is 1. The summed E-state index contributed by atoms with van der Waals surface area (Å²) in [6.45, 7) is 6.02. The van der Waals surface area contributed by atoms with Crippen LogP contribution in [-0.2, 0) is 23.8 Å². The number of rotatable bonds is 3. The van der Waals surface area contributed by atoms with E-state index in [1.165, 1.54) is 0 Å². The predicted octanol–water partition coefficient (Wildman–Crippen LogP) is 3.70. The Kier molecular flexibility index (Phi) is 5.38. The average Bonchev–Trinajstić information content (AvgIpc) is 2.48. The van der Waals surface area contributed by atoms with Gasteiger partial charge in [0, 0.05) is 5.69 Å². The first kappa shape index (κ1) is 19.6. The highest BCUT2D eigenvalue weighted by Crippen LogP contribution is 2.44. The maximum absolute atomic E-state index is 13.7. The van der Waals surface area contributed by atoms with Gasteiger partial charge >= 0.3 is 6.18 Å². The van der Waals surface area contributed by atoms with Gasteiger partial charge in [0.2, 0.25) is 5.91 Å². The van der Waals surface area contributed by atoms with Crippen LogP contribution in [0.3, 0.4) is 0 Å². The number of aryl methyl sites for hydroxylation is 1. The summed E-state index contributed by atoms with van der Waals surface area (Å²) in [6.07, 6.45) is -3.24. The van der Waals surface area contributed by atoms with Crippen molar-refractivity contribution in [3.63, 3.8) is 0 Å². The lowest BCUT2D eigenvalue weighted by atomic mass is 9.70. The summed E-state index contributed by atoms with van der Waals surface area (Å²) in [5.74, 6) is -0.809. The number of pyridine rings is 1. The van der Waals surface area contributed by atoms with Crippen LogP contribution in [0.15, 0.2) is 5.03 Å². The van der Waals surface area contributed by atoms with Crippen molar-refractivity contribution < 1.29 is 18.0 Å². The van der Waals surface area contributed by atoms with Gasteiger partial charge in [0.25, 0.3) is 0 Å². The number of nitrogens with two attached hydrogens (primary N) is 1. The number of nitrogens with zero attached hydrogens (tertiary/aromatic N) is 2. The third kappa shape index (κ3) is 4.27. The standard InChI is InChI=1S/C17H20F3N3OS/c1-16(2,3)9-4-5-12-10(6-9)14(17(18,19)20)11(7-21)15(23-12)25-8-13(22)24/h9H,4-6,8H2,1-3H3,(H2,22,24)/t9-/m0/s1. The smallest absolute Gasteiger partial charge is 0.369 e. The monoisotopic (exact) mass is 371 g/mol. The van der Waals surface area contributed by atoms with E-state index in [9.17, 15) is 23.2 Å². The van der Waals surface area contributed by atoms with E-state index in [-0.39, 0.29) is 34.1 Å². The van der Waals surface area contributed by atoms with Crippen LogP contribution in [0, 0.1) is 22.7 Å². The van der Waals surface area contributed by atoms with Crippen LogP contribution in [0.2, 0.25) is 0 Å². The SMILES string of the molecule is CC(C)(C)[C@H]1CCc2nc(SCC(N)=O)c(C#N)c(C(F)(F)F)c2C1. The molecule has 0 radical (unpaired) electrons. The number of alkyl halides is 3. The first-order valence-electron chi connectivity index (χ1n) is 7.89. The first-order valence-corrected chi connectivity index (χ1v) is 8.87. The second kappa shape index (κ2) is 6.87. The predicted molar refractivity (Wildman–Crippen MR) is 88.8 cm³/mol. The lowest BCUT2D eigenvalue weighted by molar-refractivity contribution is -0.139. The molecule has 0 spiro atoms. The van der Waals surface area contributed by atoms with Gasteiger partial charge in [-0.1, -0.05) is 32.5 Å². The van der Waals surface area contributed by atoms with E-state index in [0.29, 0.717) is 12.1 Å². The lowest BCUT2D eigenvalue weighted by Gasteiger charge is -2.36. The fourth-order valence-electron chi connectivity index (χ4n) is 3.13. The van der Waals surface area contributed by atoms with E-state index in [2.05, 4.69) is 4.98 Å². The van der Waals surface area contributed by atoms with E-state index in [1.807, 2.05) is 20.8 Å². The summed E-state index contributed by atoms with van der Waals surface area (Å²) in [6, 6.07) is 1.64. The van der Waals surface area contributed by atoms with Crippen molar-refractivity contribution in [1.82, 2.24) is 4.98 Å². The Morgan fingerprint density at radius 1 is 1.40 bits per heavy atom. The minimum atomic E-state index is -4.65. The highest BCUT2D eigenvalue weighted by atomic mass is 32.2. The number of carbonyl (C=O) groups is 1. The van der Waals surface area contributed by atoms with Gasteiger partial charge in [-0.3, -0.25) is 4.79 Å². The van der Waals surface area contributed by atoms with Crippen LogP contribution in [0.1, 0.15) is 49.6 Å². The average molecular weight is 371 g/mol. The molecular weight excluding hydrogens is 351 g/mol. The molecule has 1 aliphatic carbocycles. The number of hydrogen-bond donors (Lipinski definition) is 1. The van der Waals surface area contributed by atoms with Crippen LogP contribution in [0.4, 0.5) is 13.2 Å². The molecule has 0 unspecified atom stereocenters. The molecule has 1 heterocycles. The normalized spacial score (nSPS) is 17.7. The Labute approximate surface area is 149 Å². The zero-order valence-corrected chi connectivity index (χ0v) is 15.1. The van der Waals surface area contributed by atoms with E-state index in [4.69, 9.17) is 5.73 Å². The van der Waals surface area contributed by atoms with Gasteiger partial charge in [-0.05, 0) is 36.2 Å². The number of hydrogen-bond acceptors (Lipinski definition) is 4. The molecule has 0 aromatic carbocycles. The molecule has 2 N–H and O–H groups in total. The number of halogens is 3.